The second kappa shape index (κ2) is 7.95. The Bertz CT molecular complexity index is 435. The third-order valence-corrected chi connectivity index (χ3v) is 4.80. The summed E-state index contributed by atoms with van der Waals surface area (Å²) >= 11 is 0. The van der Waals surface area contributed by atoms with Crippen molar-refractivity contribution in [2.24, 2.45) is 0 Å². The van der Waals surface area contributed by atoms with Crippen molar-refractivity contribution in [2.75, 3.05) is 19.6 Å². The van der Waals surface area contributed by atoms with Gasteiger partial charge in [0.05, 0.1) is 0 Å². The molecule has 1 heterocycles. The maximum Gasteiger partial charge on any atom is 0.0323 e. The van der Waals surface area contributed by atoms with Crippen LogP contribution in [-0.4, -0.2) is 30.6 Å². The molecule has 0 bridgehead atoms. The van der Waals surface area contributed by atoms with Crippen LogP contribution in [0.4, 0.5) is 0 Å². The third-order valence-electron chi connectivity index (χ3n) is 4.80. The Hall–Kier alpha value is -0.860. The highest BCUT2D eigenvalue weighted by Crippen LogP contribution is 2.25. The van der Waals surface area contributed by atoms with Crippen molar-refractivity contribution in [1.82, 2.24) is 10.2 Å². The second-order valence-electron chi connectivity index (χ2n) is 6.68. The standard InChI is InChI=1S/C19H32N2/c1-5-12-21(14-18-8-6-7-11-20-18)17(4)19-10-9-15(2)13-16(19)3/h9-10,13,17-18,20H,5-8,11-12,14H2,1-4H3. The van der Waals surface area contributed by atoms with Gasteiger partial charge in [0, 0.05) is 18.6 Å². The zero-order chi connectivity index (χ0) is 15.2. The molecule has 0 aromatic heterocycles. The summed E-state index contributed by atoms with van der Waals surface area (Å²) in [5.41, 5.74) is 4.28. The summed E-state index contributed by atoms with van der Waals surface area (Å²) in [6.45, 7) is 12.7. The highest BCUT2D eigenvalue weighted by atomic mass is 15.2. The first-order valence-electron chi connectivity index (χ1n) is 8.66. The molecule has 0 spiro atoms. The van der Waals surface area contributed by atoms with Crippen LogP contribution in [0.15, 0.2) is 18.2 Å². The number of nitrogens with zero attached hydrogens (tertiary/aromatic N) is 1. The summed E-state index contributed by atoms with van der Waals surface area (Å²) in [6, 6.07) is 8.08. The molecular formula is C19H32N2. The summed E-state index contributed by atoms with van der Waals surface area (Å²) < 4.78 is 0. The van der Waals surface area contributed by atoms with Crippen LogP contribution in [0.5, 0.6) is 0 Å². The number of nitrogens with one attached hydrogen (secondary N) is 1. The molecule has 2 nitrogen and oxygen atoms in total. The van der Waals surface area contributed by atoms with E-state index in [0.717, 1.165) is 0 Å². The van der Waals surface area contributed by atoms with E-state index in [4.69, 9.17) is 0 Å². The SMILES string of the molecule is CCCN(CC1CCCCN1)C(C)c1ccc(C)cc1C. The quantitative estimate of drug-likeness (QED) is 0.843. The Kier molecular flexibility index (Phi) is 6.25. The largest absolute Gasteiger partial charge is 0.313 e. The van der Waals surface area contributed by atoms with Crippen LogP contribution in [0.25, 0.3) is 0 Å². The maximum atomic E-state index is 3.70. The Balaban J connectivity index is 2.08. The number of benzene rings is 1. The van der Waals surface area contributed by atoms with Gasteiger partial charge in [-0.3, -0.25) is 4.90 Å². The van der Waals surface area contributed by atoms with Gasteiger partial charge >= 0.3 is 0 Å². The molecule has 1 aromatic rings. The van der Waals surface area contributed by atoms with Crippen molar-refractivity contribution in [3.05, 3.63) is 34.9 Å². The molecule has 1 aliphatic heterocycles. The van der Waals surface area contributed by atoms with E-state index in [-0.39, 0.29) is 0 Å². The van der Waals surface area contributed by atoms with Crippen molar-refractivity contribution in [2.45, 2.75) is 65.5 Å². The predicted octanol–water partition coefficient (Wildman–Crippen LogP) is 4.22. The molecule has 0 aliphatic carbocycles. The van der Waals surface area contributed by atoms with Crippen LogP contribution in [0.3, 0.4) is 0 Å². The monoisotopic (exact) mass is 288 g/mol. The smallest absolute Gasteiger partial charge is 0.0323 e. The minimum atomic E-state index is 0.509. The zero-order valence-electron chi connectivity index (χ0n) is 14.3. The van der Waals surface area contributed by atoms with Crippen LogP contribution in [-0.2, 0) is 0 Å². The minimum absolute atomic E-state index is 0.509. The first-order chi connectivity index (χ1) is 10.1. The normalized spacial score (nSPS) is 20.7. The van der Waals surface area contributed by atoms with Crippen molar-refractivity contribution in [3.8, 4) is 0 Å². The van der Waals surface area contributed by atoms with Crippen LogP contribution in [0.2, 0.25) is 0 Å². The summed E-state index contributed by atoms with van der Waals surface area (Å²) in [4.78, 5) is 2.67. The van der Waals surface area contributed by atoms with Gasteiger partial charge in [-0.25, -0.2) is 0 Å². The first-order valence-corrected chi connectivity index (χ1v) is 8.66. The average Bonchev–Trinajstić information content (AvgIpc) is 2.47. The molecule has 0 amide bonds. The Morgan fingerprint density at radius 1 is 1.29 bits per heavy atom. The number of rotatable bonds is 6. The summed E-state index contributed by atoms with van der Waals surface area (Å²) in [6.07, 6.45) is 5.29. The Morgan fingerprint density at radius 3 is 2.71 bits per heavy atom. The van der Waals surface area contributed by atoms with Gasteiger partial charge < -0.3 is 5.32 Å². The molecule has 1 aliphatic rings. The highest BCUT2D eigenvalue weighted by Gasteiger charge is 2.21. The topological polar surface area (TPSA) is 15.3 Å². The summed E-state index contributed by atoms with van der Waals surface area (Å²) in [5.74, 6) is 0. The zero-order valence-corrected chi connectivity index (χ0v) is 14.3. The lowest BCUT2D eigenvalue weighted by Crippen LogP contribution is -2.44. The van der Waals surface area contributed by atoms with Gasteiger partial charge in [0.15, 0.2) is 0 Å². The van der Waals surface area contributed by atoms with Crippen LogP contribution < -0.4 is 5.32 Å². The van der Waals surface area contributed by atoms with E-state index in [1.807, 2.05) is 0 Å². The van der Waals surface area contributed by atoms with Gasteiger partial charge in [-0.1, -0.05) is 37.1 Å². The fourth-order valence-electron chi connectivity index (χ4n) is 3.58. The second-order valence-corrected chi connectivity index (χ2v) is 6.68. The fraction of sp³-hybridized carbons (Fsp3) is 0.684. The Morgan fingerprint density at radius 2 is 2.10 bits per heavy atom. The minimum Gasteiger partial charge on any atom is -0.313 e. The van der Waals surface area contributed by atoms with E-state index in [2.05, 4.69) is 56.1 Å². The molecule has 21 heavy (non-hydrogen) atoms. The van der Waals surface area contributed by atoms with E-state index in [1.165, 1.54) is 62.0 Å². The van der Waals surface area contributed by atoms with Crippen molar-refractivity contribution in [1.29, 1.82) is 0 Å². The van der Waals surface area contributed by atoms with E-state index < -0.39 is 0 Å². The number of piperidine rings is 1. The molecule has 1 fully saturated rings. The molecular weight excluding hydrogens is 256 g/mol. The van der Waals surface area contributed by atoms with E-state index in [9.17, 15) is 0 Å². The molecule has 0 radical (unpaired) electrons. The molecule has 0 saturated carbocycles. The molecule has 2 rings (SSSR count). The van der Waals surface area contributed by atoms with Crippen LogP contribution in [0, 0.1) is 13.8 Å². The van der Waals surface area contributed by atoms with Gasteiger partial charge in [0.25, 0.3) is 0 Å². The third kappa shape index (κ3) is 4.55. The summed E-state index contributed by atoms with van der Waals surface area (Å²) in [7, 11) is 0. The van der Waals surface area contributed by atoms with Crippen LogP contribution in [0.1, 0.15) is 62.3 Å². The Labute approximate surface area is 130 Å². The van der Waals surface area contributed by atoms with Crippen molar-refractivity contribution < 1.29 is 0 Å². The molecule has 2 unspecified atom stereocenters. The molecule has 1 aromatic carbocycles. The van der Waals surface area contributed by atoms with Gasteiger partial charge in [-0.15, -0.1) is 0 Å². The molecule has 118 valence electrons. The average molecular weight is 288 g/mol. The lowest BCUT2D eigenvalue weighted by molar-refractivity contribution is 0.175. The number of hydrogen-bond donors (Lipinski definition) is 1. The lowest BCUT2D eigenvalue weighted by Gasteiger charge is -2.35. The van der Waals surface area contributed by atoms with Gasteiger partial charge in [-0.05, 0) is 64.3 Å². The lowest BCUT2D eigenvalue weighted by atomic mass is 9.97. The number of hydrogen-bond acceptors (Lipinski definition) is 2. The van der Waals surface area contributed by atoms with E-state index >= 15 is 0 Å². The van der Waals surface area contributed by atoms with E-state index in [1.54, 1.807) is 0 Å². The van der Waals surface area contributed by atoms with Crippen molar-refractivity contribution >= 4 is 0 Å². The number of aryl methyl sites for hydroxylation is 2. The summed E-state index contributed by atoms with van der Waals surface area (Å²) in [5, 5.41) is 3.70. The molecule has 2 heteroatoms. The maximum absolute atomic E-state index is 3.70. The highest BCUT2D eigenvalue weighted by molar-refractivity contribution is 5.32. The van der Waals surface area contributed by atoms with Gasteiger partial charge in [-0.2, -0.15) is 0 Å². The van der Waals surface area contributed by atoms with Crippen LogP contribution >= 0.6 is 0 Å². The van der Waals surface area contributed by atoms with Gasteiger partial charge in [0.2, 0.25) is 0 Å². The molecule has 2 atom stereocenters. The van der Waals surface area contributed by atoms with Crippen molar-refractivity contribution in [3.63, 3.8) is 0 Å². The molecule has 1 saturated heterocycles. The van der Waals surface area contributed by atoms with E-state index in [0.29, 0.717) is 12.1 Å². The molecule has 1 N–H and O–H groups in total. The van der Waals surface area contributed by atoms with Gasteiger partial charge in [0.1, 0.15) is 0 Å². The fourth-order valence-corrected chi connectivity index (χ4v) is 3.58. The first kappa shape index (κ1) is 16.5. The predicted molar refractivity (Wildman–Crippen MR) is 91.8 cm³/mol.